The molecule has 1 heterocycles. The first-order valence-electron chi connectivity index (χ1n) is 3.31. The highest BCUT2D eigenvalue weighted by atomic mass is 15.2. The van der Waals surface area contributed by atoms with Crippen molar-refractivity contribution in [2.45, 2.75) is 19.4 Å². The number of rotatable bonds is 1. The SMILES string of the molecule is CCN1CC[C@@H](N)C1. The minimum Gasteiger partial charge on any atom is -0.326 e. The highest BCUT2D eigenvalue weighted by molar-refractivity contribution is 4.76. The van der Waals surface area contributed by atoms with E-state index >= 15 is 0 Å². The third-order valence-corrected chi connectivity index (χ3v) is 1.76. The highest BCUT2D eigenvalue weighted by Crippen LogP contribution is 2.04. The largest absolute Gasteiger partial charge is 0.326 e. The summed E-state index contributed by atoms with van der Waals surface area (Å²) in [5.74, 6) is 0. The second kappa shape index (κ2) is 2.46. The van der Waals surface area contributed by atoms with Gasteiger partial charge in [-0.1, -0.05) is 6.92 Å². The summed E-state index contributed by atoms with van der Waals surface area (Å²) >= 11 is 0. The van der Waals surface area contributed by atoms with Gasteiger partial charge < -0.3 is 10.6 Å². The normalized spacial score (nSPS) is 31.5. The molecule has 0 bridgehead atoms. The topological polar surface area (TPSA) is 29.3 Å². The summed E-state index contributed by atoms with van der Waals surface area (Å²) in [5, 5.41) is 0. The average molecular weight is 114 g/mol. The van der Waals surface area contributed by atoms with Gasteiger partial charge in [-0.05, 0) is 19.5 Å². The molecule has 0 aliphatic carbocycles. The van der Waals surface area contributed by atoms with Gasteiger partial charge in [0.2, 0.25) is 0 Å². The van der Waals surface area contributed by atoms with E-state index < -0.39 is 0 Å². The molecule has 1 atom stereocenters. The Kier molecular flexibility index (Phi) is 1.86. The Balaban J connectivity index is 2.22. The molecule has 1 aliphatic heterocycles. The zero-order valence-electron chi connectivity index (χ0n) is 5.43. The maximum Gasteiger partial charge on any atom is 0.0180 e. The second-order valence-corrected chi connectivity index (χ2v) is 2.44. The van der Waals surface area contributed by atoms with Gasteiger partial charge in [0.05, 0.1) is 0 Å². The van der Waals surface area contributed by atoms with E-state index in [1.807, 2.05) is 0 Å². The number of likely N-dealkylation sites (tertiary alicyclic amines) is 1. The van der Waals surface area contributed by atoms with Crippen LogP contribution in [0.2, 0.25) is 0 Å². The highest BCUT2D eigenvalue weighted by Gasteiger charge is 2.16. The molecule has 0 spiro atoms. The first-order chi connectivity index (χ1) is 3.83. The van der Waals surface area contributed by atoms with Crippen LogP contribution < -0.4 is 5.73 Å². The van der Waals surface area contributed by atoms with Crippen LogP contribution in [0.1, 0.15) is 13.3 Å². The lowest BCUT2D eigenvalue weighted by atomic mass is 10.3. The molecule has 1 saturated heterocycles. The molecule has 2 heteroatoms. The average Bonchev–Trinajstić information content (AvgIpc) is 2.14. The van der Waals surface area contributed by atoms with Gasteiger partial charge in [0.1, 0.15) is 0 Å². The third kappa shape index (κ3) is 1.20. The van der Waals surface area contributed by atoms with E-state index in [1.165, 1.54) is 13.0 Å². The maximum atomic E-state index is 5.66. The van der Waals surface area contributed by atoms with Gasteiger partial charge in [-0.15, -0.1) is 0 Å². The standard InChI is InChI=1S/C6H14N2/c1-2-8-4-3-6(7)5-8/h6H,2-5,7H2,1H3/t6-/m1/s1. The molecule has 0 radical (unpaired) electrons. The van der Waals surface area contributed by atoms with Crippen molar-refractivity contribution in [1.82, 2.24) is 4.90 Å². The smallest absolute Gasteiger partial charge is 0.0180 e. The van der Waals surface area contributed by atoms with Crippen LogP contribution in [0.15, 0.2) is 0 Å². The first-order valence-corrected chi connectivity index (χ1v) is 3.31. The number of nitrogens with two attached hydrogens (primary N) is 1. The maximum absolute atomic E-state index is 5.66. The van der Waals surface area contributed by atoms with Gasteiger partial charge in [0.15, 0.2) is 0 Å². The van der Waals surface area contributed by atoms with Crippen molar-refractivity contribution in [3.8, 4) is 0 Å². The van der Waals surface area contributed by atoms with Gasteiger partial charge in [-0.3, -0.25) is 0 Å². The minimum atomic E-state index is 0.454. The zero-order valence-corrected chi connectivity index (χ0v) is 5.43. The lowest BCUT2D eigenvalue weighted by Gasteiger charge is -2.09. The molecule has 0 amide bonds. The van der Waals surface area contributed by atoms with Crippen LogP contribution in [-0.4, -0.2) is 30.6 Å². The van der Waals surface area contributed by atoms with E-state index in [4.69, 9.17) is 5.73 Å². The van der Waals surface area contributed by atoms with Gasteiger partial charge in [-0.25, -0.2) is 0 Å². The molecular weight excluding hydrogens is 100 g/mol. The Labute approximate surface area is 50.7 Å². The van der Waals surface area contributed by atoms with E-state index in [-0.39, 0.29) is 0 Å². The van der Waals surface area contributed by atoms with Crippen molar-refractivity contribution in [2.24, 2.45) is 5.73 Å². The number of nitrogens with zero attached hydrogens (tertiary/aromatic N) is 1. The molecule has 0 saturated carbocycles. The Morgan fingerprint density at radius 2 is 2.50 bits per heavy atom. The number of hydrogen-bond donors (Lipinski definition) is 1. The quantitative estimate of drug-likeness (QED) is 0.521. The van der Waals surface area contributed by atoms with Crippen molar-refractivity contribution >= 4 is 0 Å². The Morgan fingerprint density at radius 1 is 1.75 bits per heavy atom. The minimum absolute atomic E-state index is 0.454. The summed E-state index contributed by atoms with van der Waals surface area (Å²) < 4.78 is 0. The van der Waals surface area contributed by atoms with E-state index in [0.717, 1.165) is 13.1 Å². The molecular formula is C6H14N2. The molecule has 2 N–H and O–H groups in total. The van der Waals surface area contributed by atoms with Crippen molar-refractivity contribution in [3.63, 3.8) is 0 Å². The zero-order chi connectivity index (χ0) is 5.98. The van der Waals surface area contributed by atoms with Crippen molar-refractivity contribution in [3.05, 3.63) is 0 Å². The van der Waals surface area contributed by atoms with Gasteiger partial charge in [0, 0.05) is 12.6 Å². The van der Waals surface area contributed by atoms with Crippen LogP contribution in [0.4, 0.5) is 0 Å². The van der Waals surface area contributed by atoms with Gasteiger partial charge in [0.25, 0.3) is 0 Å². The molecule has 0 aromatic carbocycles. The van der Waals surface area contributed by atoms with Crippen molar-refractivity contribution < 1.29 is 0 Å². The molecule has 1 fully saturated rings. The van der Waals surface area contributed by atoms with E-state index in [1.54, 1.807) is 0 Å². The van der Waals surface area contributed by atoms with Crippen LogP contribution in [0, 0.1) is 0 Å². The fourth-order valence-corrected chi connectivity index (χ4v) is 1.15. The molecule has 1 aliphatic rings. The molecule has 0 aromatic heterocycles. The van der Waals surface area contributed by atoms with E-state index in [9.17, 15) is 0 Å². The third-order valence-electron chi connectivity index (χ3n) is 1.76. The lowest BCUT2D eigenvalue weighted by molar-refractivity contribution is 0.354. The number of likely N-dealkylation sites (N-methyl/N-ethyl adjacent to an activating group) is 1. The molecule has 48 valence electrons. The predicted octanol–water partition coefficient (Wildman–Crippen LogP) is 0.0393. The Bertz CT molecular complexity index is 72.9. The predicted molar refractivity (Wildman–Crippen MR) is 34.7 cm³/mol. The van der Waals surface area contributed by atoms with E-state index in [0.29, 0.717) is 6.04 Å². The van der Waals surface area contributed by atoms with Gasteiger partial charge in [-0.2, -0.15) is 0 Å². The Morgan fingerprint density at radius 3 is 2.75 bits per heavy atom. The summed E-state index contributed by atoms with van der Waals surface area (Å²) in [6.07, 6.45) is 1.19. The lowest BCUT2D eigenvalue weighted by Crippen LogP contribution is -2.26. The van der Waals surface area contributed by atoms with Crippen LogP contribution in [-0.2, 0) is 0 Å². The summed E-state index contributed by atoms with van der Waals surface area (Å²) in [6, 6.07) is 0.454. The van der Waals surface area contributed by atoms with Crippen LogP contribution >= 0.6 is 0 Å². The second-order valence-electron chi connectivity index (χ2n) is 2.44. The number of hydrogen-bond acceptors (Lipinski definition) is 2. The van der Waals surface area contributed by atoms with Crippen LogP contribution in [0.25, 0.3) is 0 Å². The first kappa shape index (κ1) is 6.05. The fraction of sp³-hybridized carbons (Fsp3) is 1.00. The molecule has 2 nitrogen and oxygen atoms in total. The monoisotopic (exact) mass is 114 g/mol. The summed E-state index contributed by atoms with van der Waals surface area (Å²) in [7, 11) is 0. The molecule has 0 unspecified atom stereocenters. The summed E-state index contributed by atoms with van der Waals surface area (Å²) in [6.45, 7) is 5.65. The Hall–Kier alpha value is -0.0800. The van der Waals surface area contributed by atoms with Crippen molar-refractivity contribution in [2.75, 3.05) is 19.6 Å². The molecule has 0 aromatic rings. The molecule has 8 heavy (non-hydrogen) atoms. The van der Waals surface area contributed by atoms with Gasteiger partial charge >= 0.3 is 0 Å². The fourth-order valence-electron chi connectivity index (χ4n) is 1.15. The summed E-state index contributed by atoms with van der Waals surface area (Å²) in [4.78, 5) is 2.38. The molecule has 1 rings (SSSR count). The van der Waals surface area contributed by atoms with Crippen LogP contribution in [0.3, 0.4) is 0 Å². The van der Waals surface area contributed by atoms with E-state index in [2.05, 4.69) is 11.8 Å². The van der Waals surface area contributed by atoms with Crippen LogP contribution in [0.5, 0.6) is 0 Å². The summed E-state index contributed by atoms with van der Waals surface area (Å²) in [5.41, 5.74) is 5.66. The van der Waals surface area contributed by atoms with Crippen molar-refractivity contribution in [1.29, 1.82) is 0 Å².